The zero-order valence-electron chi connectivity index (χ0n) is 16.9. The van der Waals surface area contributed by atoms with Gasteiger partial charge in [0.25, 0.3) is 0 Å². The highest BCUT2D eigenvalue weighted by Crippen LogP contribution is 2.36. The predicted octanol–water partition coefficient (Wildman–Crippen LogP) is 2.76. The highest BCUT2D eigenvalue weighted by Gasteiger charge is 2.42. The van der Waals surface area contributed by atoms with Crippen molar-refractivity contribution in [3.8, 4) is 11.8 Å². The Hall–Kier alpha value is -2.93. The summed E-state index contributed by atoms with van der Waals surface area (Å²) in [5.41, 5.74) is -0.602. The molecule has 2 aliphatic heterocycles. The van der Waals surface area contributed by atoms with Crippen LogP contribution in [0.2, 0.25) is 5.02 Å². The van der Waals surface area contributed by atoms with Gasteiger partial charge in [-0.2, -0.15) is 5.26 Å². The van der Waals surface area contributed by atoms with Crippen molar-refractivity contribution in [2.45, 2.75) is 31.0 Å². The Kier molecular flexibility index (Phi) is 5.95. The minimum absolute atomic E-state index is 0.0336. The summed E-state index contributed by atoms with van der Waals surface area (Å²) in [6, 6.07) is 6.86. The molecule has 4 rings (SSSR count). The summed E-state index contributed by atoms with van der Waals surface area (Å²) in [6.07, 6.45) is -0.669. The van der Waals surface area contributed by atoms with E-state index in [1.807, 2.05) is 6.07 Å². The third-order valence-electron chi connectivity index (χ3n) is 5.89. The van der Waals surface area contributed by atoms with E-state index >= 15 is 0 Å². The molecule has 2 heterocycles. The molecule has 2 aliphatic rings. The summed E-state index contributed by atoms with van der Waals surface area (Å²) in [5.74, 6) is -1.25. The van der Waals surface area contributed by atoms with E-state index in [0.717, 1.165) is 6.07 Å². The number of halogens is 3. The van der Waals surface area contributed by atoms with E-state index in [2.05, 4.69) is 5.32 Å². The first-order chi connectivity index (χ1) is 15.2. The van der Waals surface area contributed by atoms with Crippen LogP contribution in [0.5, 0.6) is 5.75 Å². The highest BCUT2D eigenvalue weighted by atomic mass is 35.5. The lowest BCUT2D eigenvalue weighted by molar-refractivity contribution is -0.116. The molecule has 0 bridgehead atoms. The fourth-order valence-corrected chi connectivity index (χ4v) is 4.16. The third-order valence-corrected chi connectivity index (χ3v) is 6.18. The van der Waals surface area contributed by atoms with Crippen molar-refractivity contribution in [1.82, 2.24) is 0 Å². The number of hydrogen-bond donors (Lipinski definition) is 3. The average molecular weight is 464 g/mol. The van der Waals surface area contributed by atoms with Gasteiger partial charge in [0.05, 0.1) is 22.0 Å². The first kappa shape index (κ1) is 22.3. The predicted molar refractivity (Wildman–Crippen MR) is 113 cm³/mol. The monoisotopic (exact) mass is 463 g/mol. The third kappa shape index (κ3) is 4.09. The van der Waals surface area contributed by atoms with Crippen molar-refractivity contribution in [1.29, 1.82) is 5.26 Å². The number of β-amino-alcohol motifs (C(OH)–C–C–N with tert-alkyl or cyclic N) is 1. The lowest BCUT2D eigenvalue weighted by Crippen LogP contribution is -2.58. The van der Waals surface area contributed by atoms with Crippen molar-refractivity contribution >= 4 is 28.9 Å². The van der Waals surface area contributed by atoms with Crippen LogP contribution in [0.1, 0.15) is 24.0 Å². The molecule has 32 heavy (non-hydrogen) atoms. The first-order valence-corrected chi connectivity index (χ1v) is 10.4. The Morgan fingerprint density at radius 2 is 2.09 bits per heavy atom. The second-order valence-corrected chi connectivity index (χ2v) is 8.35. The van der Waals surface area contributed by atoms with Crippen molar-refractivity contribution in [3.05, 3.63) is 52.0 Å². The summed E-state index contributed by atoms with van der Waals surface area (Å²) >= 11 is 5.85. The number of rotatable bonds is 4. The summed E-state index contributed by atoms with van der Waals surface area (Å²) in [6.45, 7) is -0.0392. The number of carbonyl (C=O) groups is 1. The Bertz CT molecular complexity index is 1120. The summed E-state index contributed by atoms with van der Waals surface area (Å²) in [4.78, 5) is 13.2. The highest BCUT2D eigenvalue weighted by molar-refractivity contribution is 6.31. The molecule has 3 N–H and O–H groups in total. The number of aliphatic hydroxyl groups excluding tert-OH is 1. The first-order valence-electron chi connectivity index (χ1n) is 10.0. The zero-order valence-corrected chi connectivity index (χ0v) is 17.6. The quantitative estimate of drug-likeness (QED) is 0.644. The van der Waals surface area contributed by atoms with E-state index in [1.165, 1.54) is 18.2 Å². The van der Waals surface area contributed by atoms with Crippen LogP contribution in [-0.4, -0.2) is 47.5 Å². The molecule has 7 nitrogen and oxygen atoms in total. The summed E-state index contributed by atoms with van der Waals surface area (Å²) in [7, 11) is 0. The minimum atomic E-state index is -1.60. The van der Waals surface area contributed by atoms with Crippen LogP contribution in [0.15, 0.2) is 24.3 Å². The maximum atomic E-state index is 14.1. The average Bonchev–Trinajstić information content (AvgIpc) is 2.77. The number of anilines is 2. The lowest BCUT2D eigenvalue weighted by Gasteiger charge is -2.43. The maximum absolute atomic E-state index is 14.1. The topological polar surface area (TPSA) is 106 Å². The Morgan fingerprint density at radius 1 is 1.31 bits per heavy atom. The molecule has 0 radical (unpaired) electrons. The number of amides is 1. The number of piperidine rings is 1. The Labute approximate surface area is 187 Å². The van der Waals surface area contributed by atoms with Crippen LogP contribution in [0, 0.1) is 23.0 Å². The van der Waals surface area contributed by atoms with E-state index in [-0.39, 0.29) is 54.7 Å². The number of benzene rings is 2. The smallest absolute Gasteiger partial charge is 0.224 e. The standard InChI is InChI=1S/C22H20ClF2N3O4/c23-14-8-17(12(9-26)7-16(14)25)28-6-5-22(31,19(29)10-28)11-32-18-3-2-15(24)21-13(18)1-4-20(30)27-21/h2-3,7-8,19,29,31H,1,4-6,10-11H2,(H,27,30)/t19-,22-/m1/s1. The number of carbonyl (C=O) groups excluding carboxylic acids is 1. The number of hydrogen-bond acceptors (Lipinski definition) is 6. The van der Waals surface area contributed by atoms with Gasteiger partial charge in [0.1, 0.15) is 41.8 Å². The van der Waals surface area contributed by atoms with E-state index < -0.39 is 23.3 Å². The van der Waals surface area contributed by atoms with Gasteiger partial charge >= 0.3 is 0 Å². The number of nitriles is 1. The SMILES string of the molecule is N#Cc1cc(F)c(Cl)cc1N1CC[C@@](O)(COc2ccc(F)c3c2CCC(=O)N3)[C@H](O)C1. The summed E-state index contributed by atoms with van der Waals surface area (Å²) in [5, 5.41) is 33.3. The molecule has 2 aromatic carbocycles. The second-order valence-electron chi connectivity index (χ2n) is 7.95. The normalized spacial score (nSPS) is 22.7. The van der Waals surface area contributed by atoms with Crippen LogP contribution in [0.3, 0.4) is 0 Å². The molecule has 1 fully saturated rings. The van der Waals surface area contributed by atoms with Gasteiger partial charge in [-0.05, 0) is 37.1 Å². The molecule has 168 valence electrons. The van der Waals surface area contributed by atoms with Crippen molar-refractivity contribution in [3.63, 3.8) is 0 Å². The molecule has 0 aromatic heterocycles. The number of fused-ring (bicyclic) bond motifs is 1. The van der Waals surface area contributed by atoms with Gasteiger partial charge in [0.2, 0.25) is 5.91 Å². The largest absolute Gasteiger partial charge is 0.490 e. The van der Waals surface area contributed by atoms with Crippen LogP contribution in [0.4, 0.5) is 20.2 Å². The Balaban J connectivity index is 1.49. The van der Waals surface area contributed by atoms with Crippen molar-refractivity contribution in [2.24, 2.45) is 0 Å². The van der Waals surface area contributed by atoms with E-state index in [1.54, 1.807) is 4.90 Å². The lowest BCUT2D eigenvalue weighted by atomic mass is 9.88. The number of ether oxygens (including phenoxy) is 1. The number of aliphatic hydroxyl groups is 2. The minimum Gasteiger partial charge on any atom is -0.490 e. The molecular weight excluding hydrogens is 444 g/mol. The zero-order chi connectivity index (χ0) is 23.0. The van der Waals surface area contributed by atoms with Crippen molar-refractivity contribution in [2.75, 3.05) is 29.9 Å². The van der Waals surface area contributed by atoms with Crippen LogP contribution in [-0.2, 0) is 11.2 Å². The van der Waals surface area contributed by atoms with Gasteiger partial charge in [-0.15, -0.1) is 0 Å². The van der Waals surface area contributed by atoms with Crippen LogP contribution < -0.4 is 15.0 Å². The molecule has 2 aromatic rings. The summed E-state index contributed by atoms with van der Waals surface area (Å²) < 4.78 is 33.5. The number of nitrogens with one attached hydrogen (secondary N) is 1. The molecule has 2 atom stereocenters. The Morgan fingerprint density at radius 3 is 2.81 bits per heavy atom. The van der Waals surface area contributed by atoms with E-state index in [4.69, 9.17) is 16.3 Å². The van der Waals surface area contributed by atoms with Gasteiger partial charge in [-0.3, -0.25) is 4.79 Å². The van der Waals surface area contributed by atoms with E-state index in [9.17, 15) is 29.1 Å². The molecular formula is C22H20ClF2N3O4. The van der Waals surface area contributed by atoms with Crippen molar-refractivity contribution < 1.29 is 28.5 Å². The van der Waals surface area contributed by atoms with E-state index in [0.29, 0.717) is 23.4 Å². The van der Waals surface area contributed by atoms with Crippen LogP contribution >= 0.6 is 11.6 Å². The molecule has 10 heteroatoms. The maximum Gasteiger partial charge on any atom is 0.224 e. The molecule has 1 amide bonds. The van der Waals surface area contributed by atoms with Gasteiger partial charge in [-0.1, -0.05) is 11.6 Å². The fraction of sp³-hybridized carbons (Fsp3) is 0.364. The molecule has 0 saturated carbocycles. The van der Waals surface area contributed by atoms with Gasteiger partial charge < -0.3 is 25.2 Å². The van der Waals surface area contributed by atoms with Crippen LogP contribution in [0.25, 0.3) is 0 Å². The fourth-order valence-electron chi connectivity index (χ4n) is 4.00. The second kappa shape index (κ2) is 8.54. The molecule has 0 spiro atoms. The number of nitrogens with zero attached hydrogens (tertiary/aromatic N) is 2. The molecule has 0 aliphatic carbocycles. The molecule has 1 saturated heterocycles. The van der Waals surface area contributed by atoms with Gasteiger partial charge in [0.15, 0.2) is 0 Å². The van der Waals surface area contributed by atoms with Gasteiger partial charge in [-0.25, -0.2) is 8.78 Å². The molecule has 0 unspecified atom stereocenters. The van der Waals surface area contributed by atoms with Gasteiger partial charge in [0, 0.05) is 25.1 Å².